The topological polar surface area (TPSA) is 27.1 Å². The summed E-state index contributed by atoms with van der Waals surface area (Å²) in [4.78, 5) is 4.34. The van der Waals surface area contributed by atoms with Crippen LogP contribution in [0.3, 0.4) is 0 Å². The van der Waals surface area contributed by atoms with Crippen LogP contribution >= 0.6 is 11.6 Å². The maximum atomic E-state index is 14.1. The highest BCUT2D eigenvalue weighted by Gasteiger charge is 2.24. The minimum Gasteiger partial charge on any atom is -0.381 e. The van der Waals surface area contributed by atoms with E-state index in [1.54, 1.807) is 11.5 Å². The van der Waals surface area contributed by atoms with E-state index in [1.165, 1.54) is 6.07 Å². The molecule has 3 nitrogen and oxygen atoms in total. The van der Waals surface area contributed by atoms with Crippen molar-refractivity contribution in [2.75, 3.05) is 13.2 Å². The van der Waals surface area contributed by atoms with E-state index in [9.17, 15) is 8.78 Å². The van der Waals surface area contributed by atoms with Gasteiger partial charge in [-0.25, -0.2) is 13.8 Å². The fraction of sp³-hybridized carbons (Fsp3) is 0.500. The van der Waals surface area contributed by atoms with Crippen molar-refractivity contribution in [3.05, 3.63) is 29.6 Å². The average Bonchev–Trinajstić information content (AvgIpc) is 3.02. The Balaban J connectivity index is 2.14. The first kappa shape index (κ1) is 13.8. The van der Waals surface area contributed by atoms with Gasteiger partial charge in [0.05, 0.1) is 17.5 Å². The van der Waals surface area contributed by atoms with Crippen LogP contribution in [0, 0.1) is 17.6 Å². The maximum Gasteiger partial charge on any atom is 0.184 e. The van der Waals surface area contributed by atoms with Gasteiger partial charge in [0.25, 0.3) is 0 Å². The smallest absolute Gasteiger partial charge is 0.184 e. The first-order valence-electron chi connectivity index (χ1n) is 6.64. The third kappa shape index (κ3) is 2.29. The zero-order chi connectivity index (χ0) is 14.3. The summed E-state index contributed by atoms with van der Waals surface area (Å²) in [6, 6.07) is 2.58. The Morgan fingerprint density at radius 2 is 2.30 bits per heavy atom. The number of benzene rings is 1. The Morgan fingerprint density at radius 1 is 1.50 bits per heavy atom. The third-order valence-corrected chi connectivity index (χ3v) is 3.84. The van der Waals surface area contributed by atoms with Gasteiger partial charge in [-0.1, -0.05) is 0 Å². The highest BCUT2D eigenvalue weighted by atomic mass is 35.5. The van der Waals surface area contributed by atoms with Gasteiger partial charge >= 0.3 is 0 Å². The molecule has 1 fully saturated rings. The Labute approximate surface area is 120 Å². The molecule has 2 unspecified atom stereocenters. The lowest BCUT2D eigenvalue weighted by Gasteiger charge is -2.14. The van der Waals surface area contributed by atoms with E-state index in [-0.39, 0.29) is 16.8 Å². The van der Waals surface area contributed by atoms with E-state index in [2.05, 4.69) is 4.98 Å². The summed E-state index contributed by atoms with van der Waals surface area (Å²) < 4.78 is 34.6. The van der Waals surface area contributed by atoms with Crippen molar-refractivity contribution < 1.29 is 13.5 Å². The molecule has 2 atom stereocenters. The largest absolute Gasteiger partial charge is 0.381 e. The maximum absolute atomic E-state index is 14.1. The molecule has 2 aromatic rings. The number of imidazole rings is 1. The van der Waals surface area contributed by atoms with Crippen molar-refractivity contribution in [2.24, 2.45) is 5.92 Å². The van der Waals surface area contributed by atoms with E-state index >= 15 is 0 Å². The van der Waals surface area contributed by atoms with Gasteiger partial charge in [-0.3, -0.25) is 0 Å². The zero-order valence-corrected chi connectivity index (χ0v) is 11.8. The molecule has 1 saturated heterocycles. The SMILES string of the molecule is CC(Cl)c1nc2ccc(F)c(F)c2n1CC1CCOC1. The van der Waals surface area contributed by atoms with Gasteiger partial charge < -0.3 is 9.30 Å². The molecule has 1 aliphatic heterocycles. The number of rotatable bonds is 3. The lowest BCUT2D eigenvalue weighted by atomic mass is 10.1. The quantitative estimate of drug-likeness (QED) is 0.809. The molecule has 0 bridgehead atoms. The molecule has 0 amide bonds. The van der Waals surface area contributed by atoms with Crippen LogP contribution in [0.25, 0.3) is 11.0 Å². The molecule has 3 rings (SSSR count). The van der Waals surface area contributed by atoms with Crippen molar-refractivity contribution in [1.29, 1.82) is 0 Å². The van der Waals surface area contributed by atoms with Gasteiger partial charge in [0.1, 0.15) is 11.3 Å². The summed E-state index contributed by atoms with van der Waals surface area (Å²) in [5.74, 6) is -0.880. The number of aromatic nitrogens is 2. The molecule has 1 aliphatic rings. The van der Waals surface area contributed by atoms with Crippen molar-refractivity contribution >= 4 is 22.6 Å². The molecule has 20 heavy (non-hydrogen) atoms. The molecule has 6 heteroatoms. The first-order chi connectivity index (χ1) is 9.58. The second kappa shape index (κ2) is 5.30. The van der Waals surface area contributed by atoms with E-state index in [1.807, 2.05) is 0 Å². The minimum atomic E-state index is -0.866. The fourth-order valence-corrected chi connectivity index (χ4v) is 2.82. The molecule has 0 saturated carbocycles. The Hall–Kier alpha value is -1.20. The number of hydrogen-bond donors (Lipinski definition) is 0. The van der Waals surface area contributed by atoms with Crippen LogP contribution in [0.1, 0.15) is 24.5 Å². The standard InChI is InChI=1S/C14H15ClF2N2O/c1-8(15)14-18-11-3-2-10(16)12(17)13(11)19(14)6-9-4-5-20-7-9/h2-3,8-9H,4-7H2,1H3. The van der Waals surface area contributed by atoms with Gasteiger partial charge in [-0.2, -0.15) is 0 Å². The number of ether oxygens (including phenoxy) is 1. The molecule has 0 spiro atoms. The molecule has 0 radical (unpaired) electrons. The predicted molar refractivity (Wildman–Crippen MR) is 72.8 cm³/mol. The minimum absolute atomic E-state index is 0.194. The second-order valence-electron chi connectivity index (χ2n) is 5.16. The first-order valence-corrected chi connectivity index (χ1v) is 7.07. The Morgan fingerprint density at radius 3 is 2.95 bits per heavy atom. The van der Waals surface area contributed by atoms with Crippen LogP contribution < -0.4 is 0 Å². The van der Waals surface area contributed by atoms with Crippen molar-refractivity contribution in [2.45, 2.75) is 25.3 Å². The molecule has 1 aromatic carbocycles. The summed E-state index contributed by atoms with van der Waals surface area (Å²) in [6.45, 7) is 3.66. The fourth-order valence-electron chi connectivity index (χ4n) is 2.65. The van der Waals surface area contributed by atoms with Gasteiger partial charge in [-0.15, -0.1) is 11.6 Å². The lowest BCUT2D eigenvalue weighted by Crippen LogP contribution is -2.14. The summed E-state index contributed by atoms with van der Waals surface area (Å²) in [6.07, 6.45) is 0.909. The van der Waals surface area contributed by atoms with E-state index in [0.717, 1.165) is 12.5 Å². The highest BCUT2D eigenvalue weighted by Crippen LogP contribution is 2.29. The number of fused-ring (bicyclic) bond motifs is 1. The molecule has 1 aromatic heterocycles. The van der Waals surface area contributed by atoms with Gasteiger partial charge in [0.2, 0.25) is 0 Å². The highest BCUT2D eigenvalue weighted by molar-refractivity contribution is 6.20. The van der Waals surface area contributed by atoms with E-state index in [4.69, 9.17) is 16.3 Å². The van der Waals surface area contributed by atoms with Gasteiger partial charge in [0.15, 0.2) is 11.6 Å². The van der Waals surface area contributed by atoms with Crippen LogP contribution in [0.5, 0.6) is 0 Å². The second-order valence-corrected chi connectivity index (χ2v) is 5.81. The predicted octanol–water partition coefficient (Wildman–Crippen LogP) is 3.65. The van der Waals surface area contributed by atoms with Crippen LogP contribution in [-0.2, 0) is 11.3 Å². The summed E-state index contributed by atoms with van der Waals surface area (Å²) in [5.41, 5.74) is 0.629. The molecule has 108 valence electrons. The van der Waals surface area contributed by atoms with Gasteiger partial charge in [-0.05, 0) is 25.5 Å². The molecular weight excluding hydrogens is 286 g/mol. The third-order valence-electron chi connectivity index (χ3n) is 3.65. The Kier molecular flexibility index (Phi) is 3.65. The monoisotopic (exact) mass is 300 g/mol. The van der Waals surface area contributed by atoms with Crippen molar-refractivity contribution in [3.63, 3.8) is 0 Å². The Bertz CT molecular complexity index is 636. The zero-order valence-electron chi connectivity index (χ0n) is 11.1. The van der Waals surface area contributed by atoms with Crippen molar-refractivity contribution in [1.82, 2.24) is 9.55 Å². The number of nitrogens with zero attached hydrogens (tertiary/aromatic N) is 2. The number of hydrogen-bond acceptors (Lipinski definition) is 2. The average molecular weight is 301 g/mol. The summed E-state index contributed by atoms with van der Waals surface area (Å²) >= 11 is 6.13. The summed E-state index contributed by atoms with van der Waals surface area (Å²) in [5, 5.41) is -0.368. The normalized spacial score (nSPS) is 20.7. The van der Waals surface area contributed by atoms with Crippen molar-refractivity contribution in [3.8, 4) is 0 Å². The number of halogens is 3. The van der Waals surface area contributed by atoms with Crippen LogP contribution in [0.15, 0.2) is 12.1 Å². The van der Waals surface area contributed by atoms with Crippen LogP contribution in [0.4, 0.5) is 8.78 Å². The molecular formula is C14H15ClF2N2O. The summed E-state index contributed by atoms with van der Waals surface area (Å²) in [7, 11) is 0. The van der Waals surface area contributed by atoms with E-state index in [0.29, 0.717) is 31.1 Å². The van der Waals surface area contributed by atoms with Crippen LogP contribution in [0.2, 0.25) is 0 Å². The van der Waals surface area contributed by atoms with Crippen LogP contribution in [-0.4, -0.2) is 22.8 Å². The number of alkyl halides is 1. The lowest BCUT2D eigenvalue weighted by molar-refractivity contribution is 0.182. The van der Waals surface area contributed by atoms with Gasteiger partial charge in [0, 0.05) is 19.1 Å². The molecule has 0 N–H and O–H groups in total. The molecule has 2 heterocycles. The van der Waals surface area contributed by atoms with E-state index < -0.39 is 11.6 Å². The molecule has 0 aliphatic carbocycles.